The van der Waals surface area contributed by atoms with Gasteiger partial charge in [0.25, 0.3) is 5.91 Å². The second kappa shape index (κ2) is 13.0. The van der Waals surface area contributed by atoms with Gasteiger partial charge in [0.1, 0.15) is 5.82 Å². The van der Waals surface area contributed by atoms with Gasteiger partial charge in [-0.1, -0.05) is 29.8 Å². The molecule has 1 unspecified atom stereocenters. The van der Waals surface area contributed by atoms with E-state index in [1.807, 2.05) is 40.8 Å². The Bertz CT molecular complexity index is 1560. The largest absolute Gasteiger partial charge is 0.481 e. The van der Waals surface area contributed by atoms with Crippen LogP contribution in [0.15, 0.2) is 42.6 Å². The minimum Gasteiger partial charge on any atom is -0.481 e. The number of nitrogens with zero attached hydrogens (tertiary/aromatic N) is 2. The number of hydrogen-bond donors (Lipinski definition) is 2. The van der Waals surface area contributed by atoms with Gasteiger partial charge in [0, 0.05) is 50.8 Å². The van der Waals surface area contributed by atoms with E-state index in [1.54, 1.807) is 13.1 Å². The molecule has 2 fully saturated rings. The highest BCUT2D eigenvalue weighted by atomic mass is 35.5. The van der Waals surface area contributed by atoms with E-state index in [9.17, 15) is 19.5 Å². The average molecular weight is 628 g/mol. The Morgan fingerprint density at radius 2 is 1.84 bits per heavy atom. The van der Waals surface area contributed by atoms with Crippen LogP contribution in [0.3, 0.4) is 0 Å². The zero-order chi connectivity index (χ0) is 31.6. The van der Waals surface area contributed by atoms with E-state index in [4.69, 9.17) is 21.1 Å². The summed E-state index contributed by atoms with van der Waals surface area (Å²) in [7, 11) is 3.34. The number of amides is 1. The number of carbonyl (C=O) groups is 3. The number of para-hydroxylation sites is 1. The molecule has 5 rings (SSSR count). The maximum Gasteiger partial charge on any atom is 0.309 e. The van der Waals surface area contributed by atoms with Gasteiger partial charge in [0.05, 0.1) is 34.4 Å². The molecular weight excluding hydrogens is 589 g/mol. The number of carboxylic acids is 1. The Balaban J connectivity index is 1.37. The van der Waals surface area contributed by atoms with Crippen molar-refractivity contribution >= 4 is 45.9 Å². The van der Waals surface area contributed by atoms with E-state index < -0.39 is 28.8 Å². The maximum atomic E-state index is 15.6. The number of benzene rings is 2. The summed E-state index contributed by atoms with van der Waals surface area (Å²) >= 11 is 6.54. The third-order valence-electron chi connectivity index (χ3n) is 9.18. The number of rotatable bonds is 11. The highest BCUT2D eigenvalue weighted by Crippen LogP contribution is 2.40. The monoisotopic (exact) mass is 627 g/mol. The third kappa shape index (κ3) is 6.26. The van der Waals surface area contributed by atoms with Crippen LogP contribution in [0.1, 0.15) is 61.4 Å². The highest BCUT2D eigenvalue weighted by Gasteiger charge is 2.49. The van der Waals surface area contributed by atoms with Gasteiger partial charge in [-0.05, 0) is 69.2 Å². The lowest BCUT2D eigenvalue weighted by Crippen LogP contribution is -2.61. The smallest absolute Gasteiger partial charge is 0.309 e. The number of fused-ring (bicyclic) bond motifs is 1. The van der Waals surface area contributed by atoms with Crippen LogP contribution in [0.5, 0.6) is 0 Å². The molecule has 3 aromatic rings. The van der Waals surface area contributed by atoms with Gasteiger partial charge in [-0.15, -0.1) is 0 Å². The first-order chi connectivity index (χ1) is 21.0. The van der Waals surface area contributed by atoms with Crippen molar-refractivity contribution < 1.29 is 33.4 Å². The quantitative estimate of drug-likeness (QED) is 0.276. The molecule has 2 aromatic carbocycles. The Morgan fingerprint density at radius 1 is 1.16 bits per heavy atom. The number of halogens is 2. The molecule has 44 heavy (non-hydrogen) atoms. The summed E-state index contributed by atoms with van der Waals surface area (Å²) in [5, 5.41) is 13.2. The van der Waals surface area contributed by atoms with Gasteiger partial charge >= 0.3 is 5.97 Å². The molecule has 236 valence electrons. The molecular formula is C33H39ClFN3O6. The van der Waals surface area contributed by atoms with Crippen molar-refractivity contribution in [3.63, 3.8) is 0 Å². The Kier molecular flexibility index (Phi) is 9.46. The molecule has 1 aliphatic carbocycles. The molecule has 0 spiro atoms. The lowest BCUT2D eigenvalue weighted by Gasteiger charge is -2.44. The molecule has 1 aromatic heterocycles. The normalized spacial score (nSPS) is 22.2. The summed E-state index contributed by atoms with van der Waals surface area (Å²) in [4.78, 5) is 41.0. The number of anilines is 1. The Labute approximate surface area is 261 Å². The first kappa shape index (κ1) is 32.1. The molecule has 2 N–H and O–H groups in total. The standard InChI is InChI=1S/C33H39ClFN3O6/c1-32(31(41)42)12-10-22(11-13-32)44-33(20-43-3,38-14-6-7-15-38)29(39)17-21-16-25(34)27(18-26(21)35)36-30(40)24-19-37(2)28-9-5-4-8-23(24)28/h4-5,8-9,16,18-19,22H,6-7,10-15,17,20H2,1-3H3,(H,36,40)(H,41,42). The maximum absolute atomic E-state index is 15.6. The first-order valence-corrected chi connectivity index (χ1v) is 15.4. The predicted octanol–water partition coefficient (Wildman–Crippen LogP) is 5.82. The second-order valence-corrected chi connectivity index (χ2v) is 12.7. The molecule has 1 amide bonds. The van der Waals surface area contributed by atoms with Gasteiger partial charge in [0.15, 0.2) is 5.78 Å². The number of carboxylic acid groups (broad SMARTS) is 1. The summed E-state index contributed by atoms with van der Waals surface area (Å²) in [6.07, 6.45) is 4.66. The van der Waals surface area contributed by atoms with Crippen molar-refractivity contribution in [1.29, 1.82) is 0 Å². The second-order valence-electron chi connectivity index (χ2n) is 12.2. The number of likely N-dealkylation sites (tertiary alicyclic amines) is 1. The van der Waals surface area contributed by atoms with Crippen molar-refractivity contribution in [3.05, 3.63) is 64.6 Å². The predicted molar refractivity (Wildman–Crippen MR) is 165 cm³/mol. The summed E-state index contributed by atoms with van der Waals surface area (Å²) in [6.45, 7) is 2.93. The molecule has 2 aliphatic rings. The molecule has 0 radical (unpaired) electrons. The van der Waals surface area contributed by atoms with Crippen molar-refractivity contribution in [2.75, 3.05) is 32.1 Å². The molecule has 1 saturated heterocycles. The van der Waals surface area contributed by atoms with Crippen molar-refractivity contribution in [2.45, 2.75) is 63.7 Å². The van der Waals surface area contributed by atoms with Gasteiger partial charge in [-0.25, -0.2) is 4.39 Å². The van der Waals surface area contributed by atoms with Crippen LogP contribution in [0, 0.1) is 11.2 Å². The van der Waals surface area contributed by atoms with E-state index in [0.717, 1.165) is 29.8 Å². The number of aliphatic carboxylic acids is 1. The van der Waals surface area contributed by atoms with Crippen LogP contribution in [0.2, 0.25) is 5.02 Å². The average Bonchev–Trinajstić information content (AvgIpc) is 3.65. The van der Waals surface area contributed by atoms with E-state index in [0.29, 0.717) is 44.3 Å². The zero-order valence-corrected chi connectivity index (χ0v) is 26.1. The van der Waals surface area contributed by atoms with Crippen molar-refractivity contribution in [2.24, 2.45) is 12.5 Å². The zero-order valence-electron chi connectivity index (χ0n) is 25.3. The number of ketones is 1. The Hall–Kier alpha value is -3.31. The number of ether oxygens (including phenoxy) is 2. The fourth-order valence-electron chi connectivity index (χ4n) is 6.47. The van der Waals surface area contributed by atoms with Crippen LogP contribution >= 0.6 is 11.6 Å². The number of hydrogen-bond acceptors (Lipinski definition) is 6. The van der Waals surface area contributed by atoms with Crippen LogP contribution in [0.4, 0.5) is 10.1 Å². The highest BCUT2D eigenvalue weighted by molar-refractivity contribution is 6.34. The van der Waals surface area contributed by atoms with E-state index in [2.05, 4.69) is 5.32 Å². The Morgan fingerprint density at radius 3 is 2.50 bits per heavy atom. The van der Waals surface area contributed by atoms with Gasteiger partial charge < -0.3 is 24.5 Å². The van der Waals surface area contributed by atoms with Crippen molar-refractivity contribution in [3.8, 4) is 0 Å². The summed E-state index contributed by atoms with van der Waals surface area (Å²) in [6, 6.07) is 9.98. The number of nitrogens with one attached hydrogen (secondary N) is 1. The molecule has 1 atom stereocenters. The summed E-state index contributed by atoms with van der Waals surface area (Å²) < 4.78 is 29.5. The van der Waals surface area contributed by atoms with Crippen LogP contribution in [-0.4, -0.2) is 70.9 Å². The first-order valence-electron chi connectivity index (χ1n) is 15.0. The van der Waals surface area contributed by atoms with Crippen LogP contribution < -0.4 is 5.32 Å². The lowest BCUT2D eigenvalue weighted by molar-refractivity contribution is -0.213. The third-order valence-corrected chi connectivity index (χ3v) is 9.50. The number of methoxy groups -OCH3 is 1. The number of carbonyl (C=O) groups excluding carboxylic acids is 2. The SMILES string of the molecule is COCC(OC1CCC(C)(C(=O)O)CC1)(C(=O)Cc1cc(Cl)c(NC(=O)c2cn(C)c3ccccc23)cc1F)N1CCCC1. The molecule has 1 saturated carbocycles. The number of aryl methyl sites for hydroxylation is 1. The molecule has 2 heterocycles. The molecule has 11 heteroatoms. The minimum atomic E-state index is -1.45. The fraction of sp³-hybridized carbons (Fsp3) is 0.485. The molecule has 0 bridgehead atoms. The number of aromatic nitrogens is 1. The minimum absolute atomic E-state index is 0.0486. The summed E-state index contributed by atoms with van der Waals surface area (Å²) in [5.74, 6) is -2.31. The van der Waals surface area contributed by atoms with Crippen molar-refractivity contribution in [1.82, 2.24) is 9.47 Å². The van der Waals surface area contributed by atoms with Gasteiger partial charge in [0.2, 0.25) is 5.72 Å². The topological polar surface area (TPSA) is 110 Å². The molecule has 9 nitrogen and oxygen atoms in total. The van der Waals surface area contributed by atoms with Gasteiger partial charge in [-0.2, -0.15) is 0 Å². The number of Topliss-reactive ketones (excluding diaryl/α,β-unsaturated/α-hetero) is 1. The molecule has 1 aliphatic heterocycles. The fourth-order valence-corrected chi connectivity index (χ4v) is 6.71. The van der Waals surface area contributed by atoms with E-state index >= 15 is 4.39 Å². The van der Waals surface area contributed by atoms with Gasteiger partial charge in [-0.3, -0.25) is 19.3 Å². The lowest BCUT2D eigenvalue weighted by atomic mass is 9.74. The van der Waals surface area contributed by atoms with E-state index in [-0.39, 0.29) is 41.2 Å². The van der Waals surface area contributed by atoms with Crippen LogP contribution in [-0.2, 0) is 32.5 Å². The summed E-state index contributed by atoms with van der Waals surface area (Å²) in [5.41, 5.74) is -0.793. The van der Waals surface area contributed by atoms with Crippen LogP contribution in [0.25, 0.3) is 10.9 Å². The van der Waals surface area contributed by atoms with E-state index in [1.165, 1.54) is 13.2 Å².